The summed E-state index contributed by atoms with van der Waals surface area (Å²) in [4.78, 5) is 0. The molecule has 1 aromatic carbocycles. The standard InChI is InChI=1S/C11H16BrNO/c1-11(2,13)7-8-4-5-9(12)6-10(8)14-3/h4-6H,7,13H2,1-3H3. The van der Waals surface area contributed by atoms with E-state index in [0.29, 0.717) is 0 Å². The minimum absolute atomic E-state index is 0.207. The monoisotopic (exact) mass is 257 g/mol. The van der Waals surface area contributed by atoms with Crippen LogP contribution in [0.25, 0.3) is 0 Å². The topological polar surface area (TPSA) is 35.2 Å². The Morgan fingerprint density at radius 1 is 1.43 bits per heavy atom. The molecule has 0 aliphatic carbocycles. The van der Waals surface area contributed by atoms with Gasteiger partial charge in [0.1, 0.15) is 5.75 Å². The number of methoxy groups -OCH3 is 1. The summed E-state index contributed by atoms with van der Waals surface area (Å²) in [6.45, 7) is 4.02. The van der Waals surface area contributed by atoms with Gasteiger partial charge in [0.05, 0.1) is 7.11 Å². The van der Waals surface area contributed by atoms with E-state index < -0.39 is 0 Å². The number of halogens is 1. The van der Waals surface area contributed by atoms with Crippen LogP contribution in [0, 0.1) is 0 Å². The number of hydrogen-bond acceptors (Lipinski definition) is 2. The molecule has 0 bridgehead atoms. The Kier molecular flexibility index (Phi) is 3.56. The van der Waals surface area contributed by atoms with Crippen molar-refractivity contribution in [2.75, 3.05) is 7.11 Å². The van der Waals surface area contributed by atoms with Crippen LogP contribution < -0.4 is 10.5 Å². The van der Waals surface area contributed by atoms with E-state index in [2.05, 4.69) is 15.9 Å². The minimum Gasteiger partial charge on any atom is -0.496 e. The summed E-state index contributed by atoms with van der Waals surface area (Å²) in [5.74, 6) is 0.887. The molecule has 2 N–H and O–H groups in total. The van der Waals surface area contributed by atoms with Crippen molar-refractivity contribution in [3.8, 4) is 5.75 Å². The average Bonchev–Trinajstić information content (AvgIpc) is 2.06. The fourth-order valence-electron chi connectivity index (χ4n) is 1.36. The van der Waals surface area contributed by atoms with Crippen LogP contribution in [-0.4, -0.2) is 12.6 Å². The molecule has 0 aliphatic heterocycles. The van der Waals surface area contributed by atoms with E-state index in [9.17, 15) is 0 Å². The predicted molar refractivity (Wildman–Crippen MR) is 62.7 cm³/mol. The first-order valence-electron chi connectivity index (χ1n) is 4.54. The highest BCUT2D eigenvalue weighted by molar-refractivity contribution is 9.10. The van der Waals surface area contributed by atoms with E-state index in [-0.39, 0.29) is 5.54 Å². The second-order valence-electron chi connectivity index (χ2n) is 4.12. The highest BCUT2D eigenvalue weighted by Crippen LogP contribution is 2.25. The second kappa shape index (κ2) is 4.32. The van der Waals surface area contributed by atoms with Crippen molar-refractivity contribution in [1.82, 2.24) is 0 Å². The third kappa shape index (κ3) is 3.31. The van der Waals surface area contributed by atoms with E-state index in [0.717, 1.165) is 22.2 Å². The SMILES string of the molecule is COc1cc(Br)ccc1CC(C)(C)N. The lowest BCUT2D eigenvalue weighted by atomic mass is 9.96. The van der Waals surface area contributed by atoms with E-state index in [1.165, 1.54) is 0 Å². The van der Waals surface area contributed by atoms with Crippen LogP contribution in [0.5, 0.6) is 5.75 Å². The fraction of sp³-hybridized carbons (Fsp3) is 0.455. The van der Waals surface area contributed by atoms with Gasteiger partial charge in [-0.15, -0.1) is 0 Å². The first-order valence-corrected chi connectivity index (χ1v) is 5.33. The van der Waals surface area contributed by atoms with Crippen LogP contribution in [0.1, 0.15) is 19.4 Å². The molecule has 0 heterocycles. The van der Waals surface area contributed by atoms with Crippen molar-refractivity contribution in [1.29, 1.82) is 0 Å². The molecule has 0 saturated heterocycles. The predicted octanol–water partition coefficient (Wildman–Crippen LogP) is 2.74. The second-order valence-corrected chi connectivity index (χ2v) is 5.04. The Hall–Kier alpha value is -0.540. The molecular formula is C11H16BrNO. The van der Waals surface area contributed by atoms with Gasteiger partial charge in [0.15, 0.2) is 0 Å². The molecule has 1 aromatic rings. The van der Waals surface area contributed by atoms with Gasteiger partial charge in [-0.05, 0) is 38.0 Å². The van der Waals surface area contributed by atoms with Crippen LogP contribution in [0.3, 0.4) is 0 Å². The summed E-state index contributed by atoms with van der Waals surface area (Å²) in [5, 5.41) is 0. The molecule has 0 aromatic heterocycles. The molecule has 3 heteroatoms. The molecule has 1 rings (SSSR count). The number of ether oxygens (including phenoxy) is 1. The van der Waals surface area contributed by atoms with E-state index >= 15 is 0 Å². The van der Waals surface area contributed by atoms with Crippen molar-refractivity contribution in [2.45, 2.75) is 25.8 Å². The maximum absolute atomic E-state index is 5.96. The highest BCUT2D eigenvalue weighted by Gasteiger charge is 2.14. The molecule has 0 radical (unpaired) electrons. The molecule has 0 aliphatic rings. The molecule has 78 valence electrons. The average molecular weight is 258 g/mol. The summed E-state index contributed by atoms with van der Waals surface area (Å²) in [6, 6.07) is 6.00. The first-order chi connectivity index (χ1) is 6.42. The minimum atomic E-state index is -0.207. The molecule has 0 atom stereocenters. The van der Waals surface area contributed by atoms with Gasteiger partial charge < -0.3 is 10.5 Å². The normalized spacial score (nSPS) is 11.5. The molecule has 0 saturated carbocycles. The van der Waals surface area contributed by atoms with Gasteiger partial charge in [-0.1, -0.05) is 22.0 Å². The van der Waals surface area contributed by atoms with Gasteiger partial charge in [0.25, 0.3) is 0 Å². The fourth-order valence-corrected chi connectivity index (χ4v) is 1.70. The zero-order valence-electron chi connectivity index (χ0n) is 8.80. The molecular weight excluding hydrogens is 242 g/mol. The number of benzene rings is 1. The van der Waals surface area contributed by atoms with Gasteiger partial charge in [-0.2, -0.15) is 0 Å². The Labute approximate surface area is 93.6 Å². The summed E-state index contributed by atoms with van der Waals surface area (Å²) < 4.78 is 6.31. The smallest absolute Gasteiger partial charge is 0.123 e. The van der Waals surface area contributed by atoms with E-state index in [1.54, 1.807) is 7.11 Å². The van der Waals surface area contributed by atoms with Gasteiger partial charge in [0.2, 0.25) is 0 Å². The summed E-state index contributed by atoms with van der Waals surface area (Å²) in [7, 11) is 1.68. The molecule has 0 unspecified atom stereocenters. The third-order valence-electron chi connectivity index (χ3n) is 1.90. The van der Waals surface area contributed by atoms with Crippen LogP contribution >= 0.6 is 15.9 Å². The summed E-state index contributed by atoms with van der Waals surface area (Å²) >= 11 is 3.41. The van der Waals surface area contributed by atoms with E-state index in [1.807, 2.05) is 32.0 Å². The highest BCUT2D eigenvalue weighted by atomic mass is 79.9. The Morgan fingerprint density at radius 2 is 2.07 bits per heavy atom. The third-order valence-corrected chi connectivity index (χ3v) is 2.39. The van der Waals surface area contributed by atoms with Crippen molar-refractivity contribution in [2.24, 2.45) is 5.73 Å². The zero-order valence-corrected chi connectivity index (χ0v) is 10.4. The van der Waals surface area contributed by atoms with Crippen molar-refractivity contribution < 1.29 is 4.74 Å². The quantitative estimate of drug-likeness (QED) is 0.904. The maximum Gasteiger partial charge on any atom is 0.123 e. The Balaban J connectivity index is 2.97. The molecule has 14 heavy (non-hydrogen) atoms. The van der Waals surface area contributed by atoms with Gasteiger partial charge >= 0.3 is 0 Å². The van der Waals surface area contributed by atoms with Crippen molar-refractivity contribution >= 4 is 15.9 Å². The molecule has 0 fully saturated rings. The zero-order chi connectivity index (χ0) is 10.8. The van der Waals surface area contributed by atoms with Gasteiger partial charge in [-0.25, -0.2) is 0 Å². The number of hydrogen-bond donors (Lipinski definition) is 1. The van der Waals surface area contributed by atoms with Crippen LogP contribution in [-0.2, 0) is 6.42 Å². The molecule has 0 spiro atoms. The maximum atomic E-state index is 5.96. The van der Waals surface area contributed by atoms with Crippen LogP contribution in [0.2, 0.25) is 0 Å². The lowest BCUT2D eigenvalue weighted by Crippen LogP contribution is -2.34. The van der Waals surface area contributed by atoms with Crippen LogP contribution in [0.15, 0.2) is 22.7 Å². The lowest BCUT2D eigenvalue weighted by molar-refractivity contribution is 0.402. The van der Waals surface area contributed by atoms with Gasteiger partial charge in [0, 0.05) is 10.0 Å². The van der Waals surface area contributed by atoms with Crippen LogP contribution in [0.4, 0.5) is 0 Å². The number of rotatable bonds is 3. The first kappa shape index (κ1) is 11.5. The largest absolute Gasteiger partial charge is 0.496 e. The van der Waals surface area contributed by atoms with Crippen molar-refractivity contribution in [3.05, 3.63) is 28.2 Å². The lowest BCUT2D eigenvalue weighted by Gasteiger charge is -2.20. The molecule has 0 amide bonds. The Morgan fingerprint density at radius 3 is 2.57 bits per heavy atom. The summed E-state index contributed by atoms with van der Waals surface area (Å²) in [6.07, 6.45) is 0.809. The Bertz CT molecular complexity index is 318. The van der Waals surface area contributed by atoms with E-state index in [4.69, 9.17) is 10.5 Å². The van der Waals surface area contributed by atoms with Crippen molar-refractivity contribution in [3.63, 3.8) is 0 Å². The molecule has 2 nitrogen and oxygen atoms in total. The number of nitrogens with two attached hydrogens (primary N) is 1. The summed E-state index contributed by atoms with van der Waals surface area (Å²) in [5.41, 5.74) is 6.90. The van der Waals surface area contributed by atoms with Gasteiger partial charge in [-0.3, -0.25) is 0 Å².